The standard InChI is InChI=1S/C17H17ClN2O3S/c1-12-3-2-4-15(11-12)24(22,23)20-10-9-19-17(21)16(20)13-5-7-14(18)8-6-13/h2-8,11,16H,9-10H2,1H3,(H,19,21). The van der Waals surface area contributed by atoms with Gasteiger partial charge >= 0.3 is 0 Å². The van der Waals surface area contributed by atoms with Gasteiger partial charge in [-0.25, -0.2) is 8.42 Å². The fourth-order valence-corrected chi connectivity index (χ4v) is 4.59. The lowest BCUT2D eigenvalue weighted by Crippen LogP contribution is -2.52. The molecule has 0 aliphatic carbocycles. The zero-order valence-corrected chi connectivity index (χ0v) is 14.6. The Morgan fingerprint density at radius 2 is 1.88 bits per heavy atom. The van der Waals surface area contributed by atoms with E-state index < -0.39 is 16.1 Å². The first-order chi connectivity index (χ1) is 11.4. The van der Waals surface area contributed by atoms with Gasteiger partial charge in [0, 0.05) is 18.1 Å². The van der Waals surface area contributed by atoms with Crippen molar-refractivity contribution < 1.29 is 13.2 Å². The summed E-state index contributed by atoms with van der Waals surface area (Å²) < 4.78 is 27.4. The first-order valence-corrected chi connectivity index (χ1v) is 9.33. The highest BCUT2D eigenvalue weighted by Crippen LogP contribution is 2.30. The largest absolute Gasteiger partial charge is 0.353 e. The van der Waals surface area contributed by atoms with Gasteiger partial charge in [0.1, 0.15) is 6.04 Å². The van der Waals surface area contributed by atoms with Crippen LogP contribution in [0.2, 0.25) is 5.02 Å². The van der Waals surface area contributed by atoms with Crippen molar-refractivity contribution in [1.82, 2.24) is 9.62 Å². The molecule has 1 heterocycles. The second-order valence-corrected chi connectivity index (χ2v) is 8.00. The van der Waals surface area contributed by atoms with Crippen molar-refractivity contribution in [2.75, 3.05) is 13.1 Å². The Hall–Kier alpha value is -1.89. The first-order valence-electron chi connectivity index (χ1n) is 7.51. The number of nitrogens with zero attached hydrogens (tertiary/aromatic N) is 1. The number of benzene rings is 2. The molecule has 0 aromatic heterocycles. The van der Waals surface area contributed by atoms with E-state index >= 15 is 0 Å². The molecule has 1 unspecified atom stereocenters. The van der Waals surface area contributed by atoms with Crippen LogP contribution in [0.1, 0.15) is 17.2 Å². The Morgan fingerprint density at radius 1 is 1.17 bits per heavy atom. The van der Waals surface area contributed by atoms with E-state index in [1.54, 1.807) is 42.5 Å². The van der Waals surface area contributed by atoms with E-state index in [0.717, 1.165) is 5.56 Å². The van der Waals surface area contributed by atoms with Crippen LogP contribution in [0.25, 0.3) is 0 Å². The van der Waals surface area contributed by atoms with Crippen LogP contribution in [0.4, 0.5) is 0 Å². The molecular formula is C17H17ClN2O3S. The molecule has 0 radical (unpaired) electrons. The number of aryl methyl sites for hydroxylation is 1. The molecule has 2 aromatic rings. The van der Waals surface area contributed by atoms with Crippen molar-refractivity contribution >= 4 is 27.5 Å². The third-order valence-corrected chi connectivity index (χ3v) is 6.06. The number of piperazine rings is 1. The lowest BCUT2D eigenvalue weighted by molar-refractivity contribution is -0.126. The van der Waals surface area contributed by atoms with E-state index in [1.807, 2.05) is 13.0 Å². The van der Waals surface area contributed by atoms with Gasteiger partial charge in [0.2, 0.25) is 15.9 Å². The first kappa shape index (κ1) is 17.0. The summed E-state index contributed by atoms with van der Waals surface area (Å²) in [7, 11) is -3.79. The summed E-state index contributed by atoms with van der Waals surface area (Å²) in [6.07, 6.45) is 0. The van der Waals surface area contributed by atoms with Crippen molar-refractivity contribution in [2.24, 2.45) is 0 Å². The highest BCUT2D eigenvalue weighted by Gasteiger charge is 2.39. The average molecular weight is 365 g/mol. The number of carbonyl (C=O) groups excluding carboxylic acids is 1. The minimum absolute atomic E-state index is 0.191. The third-order valence-electron chi connectivity index (χ3n) is 3.95. The summed E-state index contributed by atoms with van der Waals surface area (Å²) in [5.74, 6) is -0.334. The second kappa shape index (κ2) is 6.55. The molecule has 2 aromatic carbocycles. The zero-order valence-electron chi connectivity index (χ0n) is 13.1. The Balaban J connectivity index is 2.06. The molecule has 3 rings (SSSR count). The minimum atomic E-state index is -3.79. The van der Waals surface area contributed by atoms with Crippen LogP contribution in [0.5, 0.6) is 0 Å². The van der Waals surface area contributed by atoms with Crippen LogP contribution in [-0.2, 0) is 14.8 Å². The average Bonchev–Trinajstić information content (AvgIpc) is 2.55. The normalized spacial score (nSPS) is 19.1. The van der Waals surface area contributed by atoms with Crippen molar-refractivity contribution in [3.63, 3.8) is 0 Å². The molecule has 1 N–H and O–H groups in total. The van der Waals surface area contributed by atoms with Gasteiger partial charge in [-0.2, -0.15) is 4.31 Å². The van der Waals surface area contributed by atoms with E-state index in [4.69, 9.17) is 11.6 Å². The molecule has 0 saturated carbocycles. The molecule has 1 saturated heterocycles. The van der Waals surface area contributed by atoms with Crippen molar-refractivity contribution in [1.29, 1.82) is 0 Å². The fourth-order valence-electron chi connectivity index (χ4n) is 2.78. The van der Waals surface area contributed by atoms with Crippen molar-refractivity contribution in [3.8, 4) is 0 Å². The van der Waals surface area contributed by atoms with Gasteiger partial charge in [0.25, 0.3) is 0 Å². The summed E-state index contributed by atoms with van der Waals surface area (Å²) in [5, 5.41) is 3.26. The second-order valence-electron chi connectivity index (χ2n) is 5.68. The Bertz CT molecular complexity index is 866. The van der Waals surface area contributed by atoms with Crippen molar-refractivity contribution in [3.05, 3.63) is 64.7 Å². The molecule has 7 heteroatoms. The summed E-state index contributed by atoms with van der Waals surface area (Å²) in [5.41, 5.74) is 1.44. The van der Waals surface area contributed by atoms with Gasteiger partial charge in [-0.05, 0) is 42.3 Å². The summed E-state index contributed by atoms with van der Waals surface area (Å²) in [4.78, 5) is 12.6. The molecule has 24 heavy (non-hydrogen) atoms. The summed E-state index contributed by atoms with van der Waals surface area (Å²) in [6, 6.07) is 12.4. The molecule has 1 amide bonds. The quantitative estimate of drug-likeness (QED) is 0.910. The monoisotopic (exact) mass is 364 g/mol. The van der Waals surface area contributed by atoms with E-state index in [2.05, 4.69) is 5.32 Å². The molecular weight excluding hydrogens is 348 g/mol. The highest BCUT2D eigenvalue weighted by atomic mass is 35.5. The molecule has 1 aliphatic heterocycles. The summed E-state index contributed by atoms with van der Waals surface area (Å²) >= 11 is 5.89. The summed E-state index contributed by atoms with van der Waals surface area (Å²) in [6.45, 7) is 2.34. The zero-order chi connectivity index (χ0) is 17.3. The van der Waals surface area contributed by atoms with Crippen LogP contribution in [0, 0.1) is 6.92 Å². The number of hydrogen-bond donors (Lipinski definition) is 1. The number of nitrogens with one attached hydrogen (secondary N) is 1. The SMILES string of the molecule is Cc1cccc(S(=O)(=O)N2CCNC(=O)C2c2ccc(Cl)cc2)c1. The molecule has 126 valence electrons. The van der Waals surface area contributed by atoms with E-state index in [1.165, 1.54) is 4.31 Å². The number of amides is 1. The fraction of sp³-hybridized carbons (Fsp3) is 0.235. The highest BCUT2D eigenvalue weighted by molar-refractivity contribution is 7.89. The molecule has 0 bridgehead atoms. The molecule has 0 spiro atoms. The van der Waals surface area contributed by atoms with Gasteiger partial charge in [0.05, 0.1) is 4.90 Å². The Kier molecular flexibility index (Phi) is 4.62. The van der Waals surface area contributed by atoms with E-state index in [0.29, 0.717) is 10.6 Å². The molecule has 1 aliphatic rings. The van der Waals surface area contributed by atoms with E-state index in [-0.39, 0.29) is 23.9 Å². The van der Waals surface area contributed by atoms with E-state index in [9.17, 15) is 13.2 Å². The molecule has 5 nitrogen and oxygen atoms in total. The third kappa shape index (κ3) is 3.17. The van der Waals surface area contributed by atoms with Gasteiger partial charge in [-0.1, -0.05) is 35.9 Å². The van der Waals surface area contributed by atoms with Crippen LogP contribution < -0.4 is 5.32 Å². The number of carbonyl (C=O) groups is 1. The number of halogens is 1. The smallest absolute Gasteiger partial charge is 0.244 e. The topological polar surface area (TPSA) is 66.5 Å². The predicted molar refractivity (Wildman–Crippen MR) is 92.3 cm³/mol. The van der Waals surface area contributed by atoms with Crippen molar-refractivity contribution in [2.45, 2.75) is 17.9 Å². The Labute approximate surface area is 146 Å². The van der Waals surface area contributed by atoms with Gasteiger partial charge in [-0.3, -0.25) is 4.79 Å². The Morgan fingerprint density at radius 3 is 2.54 bits per heavy atom. The van der Waals surface area contributed by atoms with Crippen LogP contribution in [0.15, 0.2) is 53.4 Å². The lowest BCUT2D eigenvalue weighted by Gasteiger charge is -2.34. The number of hydrogen-bond acceptors (Lipinski definition) is 3. The maximum Gasteiger partial charge on any atom is 0.244 e. The van der Waals surface area contributed by atoms with Crippen LogP contribution in [0.3, 0.4) is 0 Å². The van der Waals surface area contributed by atoms with Gasteiger partial charge in [-0.15, -0.1) is 0 Å². The predicted octanol–water partition coefficient (Wildman–Crippen LogP) is 2.51. The number of rotatable bonds is 3. The van der Waals surface area contributed by atoms with Crippen LogP contribution in [-0.4, -0.2) is 31.7 Å². The lowest BCUT2D eigenvalue weighted by atomic mass is 10.1. The molecule has 1 fully saturated rings. The maximum atomic E-state index is 13.1. The molecule has 1 atom stereocenters. The van der Waals surface area contributed by atoms with Crippen LogP contribution >= 0.6 is 11.6 Å². The minimum Gasteiger partial charge on any atom is -0.353 e. The number of sulfonamides is 1. The van der Waals surface area contributed by atoms with Gasteiger partial charge in [0.15, 0.2) is 0 Å². The van der Waals surface area contributed by atoms with Gasteiger partial charge < -0.3 is 5.32 Å². The maximum absolute atomic E-state index is 13.1.